The van der Waals surface area contributed by atoms with Crippen LogP contribution in [0.15, 0.2) is 4.99 Å². The Kier molecular flexibility index (Phi) is 2.35. The number of rotatable bonds is 3. The Bertz CT molecular complexity index is 179. The molecule has 2 nitrogen and oxygen atoms in total. The molecule has 1 aliphatic rings. The zero-order valence-electron chi connectivity index (χ0n) is 6.02. The zero-order valence-corrected chi connectivity index (χ0v) is 6.02. The number of aliphatic imine (C=N–C) groups is 1. The minimum atomic E-state index is -2.45. The lowest BCUT2D eigenvalue weighted by Gasteiger charge is -2.34. The monoisotopic (exact) mass is 161 g/mol. The highest BCUT2D eigenvalue weighted by Gasteiger charge is 2.44. The molecule has 1 fully saturated rings. The fraction of sp³-hybridized carbons (Fsp3) is 0.857. The van der Waals surface area contributed by atoms with Crippen molar-refractivity contribution in [3.05, 3.63) is 0 Å². The molecule has 0 bridgehead atoms. The summed E-state index contributed by atoms with van der Waals surface area (Å²) in [6, 6.07) is 0. The first-order valence-corrected chi connectivity index (χ1v) is 3.55. The molecule has 62 valence electrons. The van der Waals surface area contributed by atoms with Crippen LogP contribution in [0.25, 0.3) is 0 Å². The molecule has 0 amide bonds. The molecule has 0 aromatic carbocycles. The lowest BCUT2D eigenvalue weighted by Crippen LogP contribution is -2.35. The molecule has 0 aliphatic heterocycles. The number of halogens is 2. The number of alkyl halides is 2. The van der Waals surface area contributed by atoms with Gasteiger partial charge in [-0.25, -0.2) is 18.6 Å². The van der Waals surface area contributed by atoms with E-state index in [9.17, 15) is 13.6 Å². The summed E-state index contributed by atoms with van der Waals surface area (Å²) in [6.07, 6.45) is 1.89. The lowest BCUT2D eigenvalue weighted by atomic mass is 9.79. The predicted molar refractivity (Wildman–Crippen MR) is 35.3 cm³/mol. The predicted octanol–water partition coefficient (Wildman–Crippen LogP) is 1.76. The van der Waals surface area contributed by atoms with Crippen LogP contribution in [-0.4, -0.2) is 18.5 Å². The largest absolute Gasteiger partial charge is 0.248 e. The second kappa shape index (κ2) is 3.09. The average Bonchev–Trinajstić information content (AvgIpc) is 1.84. The van der Waals surface area contributed by atoms with Crippen molar-refractivity contribution in [2.75, 3.05) is 6.54 Å². The molecule has 0 N–H and O–H groups in total. The normalized spacial score (nSPS) is 22.0. The molecule has 0 radical (unpaired) electrons. The summed E-state index contributed by atoms with van der Waals surface area (Å²) in [5.74, 6) is -2.39. The van der Waals surface area contributed by atoms with Crippen LogP contribution >= 0.6 is 0 Å². The molecule has 0 aromatic rings. The van der Waals surface area contributed by atoms with E-state index in [0.717, 1.165) is 0 Å². The molecular weight excluding hydrogens is 152 g/mol. The number of hydrogen-bond donors (Lipinski definition) is 0. The Morgan fingerprint density at radius 1 is 1.55 bits per heavy atom. The topological polar surface area (TPSA) is 29.4 Å². The minimum Gasteiger partial charge on any atom is -0.211 e. The van der Waals surface area contributed by atoms with Gasteiger partial charge >= 0.3 is 0 Å². The van der Waals surface area contributed by atoms with Crippen LogP contribution in [0.2, 0.25) is 0 Å². The van der Waals surface area contributed by atoms with E-state index in [-0.39, 0.29) is 18.8 Å². The Balaban J connectivity index is 2.09. The fourth-order valence-corrected chi connectivity index (χ4v) is 1.28. The molecule has 1 saturated carbocycles. The van der Waals surface area contributed by atoms with Gasteiger partial charge in [0.05, 0.1) is 6.54 Å². The Labute approximate surface area is 63.3 Å². The van der Waals surface area contributed by atoms with Crippen molar-refractivity contribution < 1.29 is 13.6 Å². The first kappa shape index (κ1) is 8.34. The summed E-state index contributed by atoms with van der Waals surface area (Å²) in [5.41, 5.74) is 0. The van der Waals surface area contributed by atoms with Crippen molar-refractivity contribution >= 4 is 6.08 Å². The Morgan fingerprint density at radius 3 is 2.64 bits per heavy atom. The molecular formula is C7H9F2NO. The molecule has 0 saturated heterocycles. The summed E-state index contributed by atoms with van der Waals surface area (Å²) in [6.45, 7) is 0.338. The van der Waals surface area contributed by atoms with Gasteiger partial charge in [0.15, 0.2) is 0 Å². The van der Waals surface area contributed by atoms with Gasteiger partial charge in [0.2, 0.25) is 12.0 Å². The quantitative estimate of drug-likeness (QED) is 0.458. The third-order valence-corrected chi connectivity index (χ3v) is 1.89. The zero-order chi connectivity index (χ0) is 8.32. The standard InChI is InChI=1S/C7H9F2NO/c8-7(9)3-6(4-7)1-2-10-5-11/h6H,1-4H2. The van der Waals surface area contributed by atoms with Gasteiger partial charge in [0, 0.05) is 12.8 Å². The molecule has 0 atom stereocenters. The van der Waals surface area contributed by atoms with E-state index >= 15 is 0 Å². The van der Waals surface area contributed by atoms with E-state index in [1.165, 1.54) is 6.08 Å². The summed E-state index contributed by atoms with van der Waals surface area (Å²) >= 11 is 0. The third kappa shape index (κ3) is 2.39. The maximum atomic E-state index is 12.2. The van der Waals surface area contributed by atoms with Crippen molar-refractivity contribution in [2.24, 2.45) is 10.9 Å². The molecule has 0 unspecified atom stereocenters. The highest BCUT2D eigenvalue weighted by Crippen LogP contribution is 2.43. The number of isocyanates is 1. The molecule has 4 heteroatoms. The number of nitrogens with zero attached hydrogens (tertiary/aromatic N) is 1. The molecule has 0 heterocycles. The van der Waals surface area contributed by atoms with Crippen LogP contribution in [0.5, 0.6) is 0 Å². The average molecular weight is 161 g/mol. The van der Waals surface area contributed by atoms with Crippen LogP contribution in [-0.2, 0) is 4.79 Å². The maximum absolute atomic E-state index is 12.2. The second-order valence-corrected chi connectivity index (χ2v) is 2.89. The van der Waals surface area contributed by atoms with Crippen LogP contribution in [0, 0.1) is 5.92 Å². The highest BCUT2D eigenvalue weighted by molar-refractivity contribution is 5.32. The molecule has 1 aliphatic carbocycles. The highest BCUT2D eigenvalue weighted by atomic mass is 19.3. The van der Waals surface area contributed by atoms with Crippen LogP contribution in [0.1, 0.15) is 19.3 Å². The van der Waals surface area contributed by atoms with E-state index in [4.69, 9.17) is 0 Å². The van der Waals surface area contributed by atoms with Gasteiger partial charge in [0.1, 0.15) is 0 Å². The van der Waals surface area contributed by atoms with Crippen molar-refractivity contribution in [1.29, 1.82) is 0 Å². The molecule has 1 rings (SSSR count). The Hall–Kier alpha value is -0.760. The maximum Gasteiger partial charge on any atom is 0.248 e. The second-order valence-electron chi connectivity index (χ2n) is 2.89. The number of carbonyl (C=O) groups excluding carboxylic acids is 1. The van der Waals surface area contributed by atoms with Crippen LogP contribution in [0.4, 0.5) is 8.78 Å². The van der Waals surface area contributed by atoms with Crippen LogP contribution < -0.4 is 0 Å². The van der Waals surface area contributed by atoms with Gasteiger partial charge in [-0.1, -0.05) is 0 Å². The first-order chi connectivity index (χ1) is 5.14. The SMILES string of the molecule is O=C=NCCC1CC(F)(F)C1. The van der Waals surface area contributed by atoms with Gasteiger partial charge in [-0.3, -0.25) is 0 Å². The van der Waals surface area contributed by atoms with Crippen LogP contribution in [0.3, 0.4) is 0 Å². The summed E-state index contributed by atoms with van der Waals surface area (Å²) in [4.78, 5) is 12.9. The van der Waals surface area contributed by atoms with Gasteiger partial charge in [-0.15, -0.1) is 0 Å². The summed E-state index contributed by atoms with van der Waals surface area (Å²) in [7, 11) is 0. The lowest BCUT2D eigenvalue weighted by molar-refractivity contribution is -0.111. The van der Waals surface area contributed by atoms with Crippen molar-refractivity contribution in [1.82, 2.24) is 0 Å². The summed E-state index contributed by atoms with van der Waals surface area (Å²) < 4.78 is 24.4. The smallest absolute Gasteiger partial charge is 0.211 e. The van der Waals surface area contributed by atoms with Gasteiger partial charge in [0.25, 0.3) is 0 Å². The van der Waals surface area contributed by atoms with Gasteiger partial charge in [-0.2, -0.15) is 0 Å². The molecule has 11 heavy (non-hydrogen) atoms. The van der Waals surface area contributed by atoms with E-state index in [0.29, 0.717) is 13.0 Å². The van der Waals surface area contributed by atoms with Crippen molar-refractivity contribution in [2.45, 2.75) is 25.2 Å². The van der Waals surface area contributed by atoms with E-state index in [1.807, 2.05) is 0 Å². The van der Waals surface area contributed by atoms with E-state index in [2.05, 4.69) is 4.99 Å². The van der Waals surface area contributed by atoms with Gasteiger partial charge < -0.3 is 0 Å². The third-order valence-electron chi connectivity index (χ3n) is 1.89. The van der Waals surface area contributed by atoms with Gasteiger partial charge in [-0.05, 0) is 12.3 Å². The van der Waals surface area contributed by atoms with Crippen molar-refractivity contribution in [3.8, 4) is 0 Å². The van der Waals surface area contributed by atoms with E-state index < -0.39 is 5.92 Å². The Morgan fingerprint density at radius 2 is 2.18 bits per heavy atom. The minimum absolute atomic E-state index is 0.0403. The molecule has 0 aromatic heterocycles. The summed E-state index contributed by atoms with van der Waals surface area (Å²) in [5, 5.41) is 0. The molecule has 0 spiro atoms. The van der Waals surface area contributed by atoms with E-state index in [1.54, 1.807) is 0 Å². The number of hydrogen-bond acceptors (Lipinski definition) is 2. The first-order valence-electron chi connectivity index (χ1n) is 3.55. The van der Waals surface area contributed by atoms with Crippen molar-refractivity contribution in [3.63, 3.8) is 0 Å². The fourth-order valence-electron chi connectivity index (χ4n) is 1.28.